The van der Waals surface area contributed by atoms with Gasteiger partial charge in [0, 0.05) is 6.07 Å². The zero-order valence-corrected chi connectivity index (χ0v) is 10.8. The quantitative estimate of drug-likeness (QED) is 0.929. The average molecular weight is 309 g/mol. The molecule has 94 valence electrons. The van der Waals surface area contributed by atoms with Crippen molar-refractivity contribution in [2.75, 3.05) is 6.61 Å². The van der Waals surface area contributed by atoms with Crippen LogP contribution in [0.15, 0.2) is 16.6 Å². The Labute approximate surface area is 106 Å². The van der Waals surface area contributed by atoms with E-state index < -0.39 is 23.0 Å². The summed E-state index contributed by atoms with van der Waals surface area (Å²) in [5.41, 5.74) is -1.15. The van der Waals surface area contributed by atoms with Gasteiger partial charge in [-0.15, -0.1) is 0 Å². The summed E-state index contributed by atoms with van der Waals surface area (Å²) < 4.78 is 31.3. The molecule has 0 amide bonds. The Morgan fingerprint density at radius 3 is 2.53 bits per heavy atom. The zero-order chi connectivity index (χ0) is 13.2. The smallest absolute Gasteiger partial charge is 0.312 e. The molecule has 0 aliphatic heterocycles. The van der Waals surface area contributed by atoms with Crippen molar-refractivity contribution in [1.82, 2.24) is 0 Å². The van der Waals surface area contributed by atoms with E-state index in [4.69, 9.17) is 9.84 Å². The summed E-state index contributed by atoms with van der Waals surface area (Å²) in [6, 6.07) is 1.72. The SMILES string of the molecule is CC(C)(COc1c(F)cc(F)cc1Br)C(=O)O. The molecule has 0 aliphatic rings. The molecule has 17 heavy (non-hydrogen) atoms. The third-order valence-electron chi connectivity index (χ3n) is 2.12. The summed E-state index contributed by atoms with van der Waals surface area (Å²) in [6.45, 7) is 2.68. The highest BCUT2D eigenvalue weighted by atomic mass is 79.9. The number of benzene rings is 1. The lowest BCUT2D eigenvalue weighted by Crippen LogP contribution is -2.30. The van der Waals surface area contributed by atoms with Gasteiger partial charge in [0.05, 0.1) is 9.89 Å². The van der Waals surface area contributed by atoms with Gasteiger partial charge in [0.2, 0.25) is 0 Å². The normalized spacial score (nSPS) is 11.4. The molecule has 0 radical (unpaired) electrons. The molecule has 0 heterocycles. The Bertz CT molecular complexity index is 423. The van der Waals surface area contributed by atoms with Crippen molar-refractivity contribution >= 4 is 21.9 Å². The lowest BCUT2D eigenvalue weighted by molar-refractivity contribution is -0.148. The third kappa shape index (κ3) is 3.39. The van der Waals surface area contributed by atoms with Gasteiger partial charge in [0.25, 0.3) is 0 Å². The Balaban J connectivity index is 2.87. The maximum atomic E-state index is 13.3. The predicted octanol–water partition coefficient (Wildman–Crippen LogP) is 3.22. The van der Waals surface area contributed by atoms with E-state index in [0.29, 0.717) is 6.07 Å². The van der Waals surface area contributed by atoms with Crippen LogP contribution in [0.4, 0.5) is 8.78 Å². The Hall–Kier alpha value is -1.17. The standard InChI is InChI=1S/C11H11BrF2O3/c1-11(2,10(15)16)5-17-9-7(12)3-6(13)4-8(9)14/h3-4H,5H2,1-2H3,(H,15,16). The summed E-state index contributed by atoms with van der Waals surface area (Å²) in [5.74, 6) is -2.87. The van der Waals surface area contributed by atoms with Crippen LogP contribution in [0, 0.1) is 17.0 Å². The zero-order valence-electron chi connectivity index (χ0n) is 9.26. The molecule has 1 aromatic rings. The van der Waals surface area contributed by atoms with E-state index in [9.17, 15) is 13.6 Å². The van der Waals surface area contributed by atoms with Crippen LogP contribution in [0.25, 0.3) is 0 Å². The molecule has 1 N–H and O–H groups in total. The second-order valence-electron chi connectivity index (χ2n) is 4.18. The van der Waals surface area contributed by atoms with Gasteiger partial charge in [0.1, 0.15) is 12.4 Å². The van der Waals surface area contributed by atoms with Crippen molar-refractivity contribution < 1.29 is 23.4 Å². The lowest BCUT2D eigenvalue weighted by atomic mass is 9.95. The first-order valence-electron chi connectivity index (χ1n) is 4.75. The van der Waals surface area contributed by atoms with Gasteiger partial charge in [-0.1, -0.05) is 0 Å². The summed E-state index contributed by atoms with van der Waals surface area (Å²) in [7, 11) is 0. The van der Waals surface area contributed by atoms with Crippen molar-refractivity contribution in [3.05, 3.63) is 28.2 Å². The van der Waals surface area contributed by atoms with Crippen LogP contribution in [0.1, 0.15) is 13.8 Å². The molecule has 0 unspecified atom stereocenters. The van der Waals surface area contributed by atoms with Crippen molar-refractivity contribution in [1.29, 1.82) is 0 Å². The van der Waals surface area contributed by atoms with Crippen LogP contribution in [-0.4, -0.2) is 17.7 Å². The Morgan fingerprint density at radius 1 is 1.47 bits per heavy atom. The van der Waals surface area contributed by atoms with Gasteiger partial charge in [-0.25, -0.2) is 8.78 Å². The maximum Gasteiger partial charge on any atom is 0.312 e. The molecule has 0 bridgehead atoms. The predicted molar refractivity (Wildman–Crippen MR) is 61.0 cm³/mol. The summed E-state index contributed by atoms with van der Waals surface area (Å²) in [5, 5.41) is 8.86. The van der Waals surface area contributed by atoms with E-state index in [2.05, 4.69) is 15.9 Å². The van der Waals surface area contributed by atoms with Crippen molar-refractivity contribution in [3.63, 3.8) is 0 Å². The second-order valence-corrected chi connectivity index (χ2v) is 5.03. The Morgan fingerprint density at radius 2 is 2.06 bits per heavy atom. The van der Waals surface area contributed by atoms with Crippen molar-refractivity contribution in [3.8, 4) is 5.75 Å². The van der Waals surface area contributed by atoms with Gasteiger partial charge in [-0.05, 0) is 35.8 Å². The number of ether oxygens (including phenoxy) is 1. The van der Waals surface area contributed by atoms with E-state index in [1.54, 1.807) is 0 Å². The van der Waals surface area contributed by atoms with E-state index >= 15 is 0 Å². The molecule has 0 aromatic heterocycles. The fourth-order valence-electron chi connectivity index (χ4n) is 0.981. The van der Waals surface area contributed by atoms with Gasteiger partial charge in [-0.3, -0.25) is 4.79 Å². The van der Waals surface area contributed by atoms with Gasteiger partial charge in [-0.2, -0.15) is 0 Å². The fourth-order valence-corrected chi connectivity index (χ4v) is 1.50. The molecular formula is C11H11BrF2O3. The van der Waals surface area contributed by atoms with E-state index in [-0.39, 0.29) is 16.8 Å². The number of hydrogen-bond acceptors (Lipinski definition) is 2. The number of carboxylic acids is 1. The van der Waals surface area contributed by atoms with Gasteiger partial charge >= 0.3 is 5.97 Å². The molecule has 0 atom stereocenters. The Kier molecular flexibility index (Phi) is 4.08. The van der Waals surface area contributed by atoms with E-state index in [1.165, 1.54) is 13.8 Å². The number of aliphatic carboxylic acids is 1. The molecular weight excluding hydrogens is 298 g/mol. The molecule has 1 aromatic carbocycles. The fraction of sp³-hybridized carbons (Fsp3) is 0.364. The van der Waals surface area contributed by atoms with Crippen LogP contribution < -0.4 is 4.74 Å². The molecule has 0 saturated heterocycles. The molecule has 0 fully saturated rings. The van der Waals surface area contributed by atoms with Crippen LogP contribution >= 0.6 is 15.9 Å². The molecule has 0 spiro atoms. The lowest BCUT2D eigenvalue weighted by Gasteiger charge is -2.20. The minimum absolute atomic E-state index is 0.108. The number of hydrogen-bond donors (Lipinski definition) is 1. The summed E-state index contributed by atoms with van der Waals surface area (Å²) in [6.07, 6.45) is 0. The molecule has 6 heteroatoms. The molecule has 1 rings (SSSR count). The van der Waals surface area contributed by atoms with Crippen LogP contribution in [0.2, 0.25) is 0 Å². The number of carboxylic acid groups (broad SMARTS) is 1. The number of carbonyl (C=O) groups is 1. The van der Waals surface area contributed by atoms with Crippen molar-refractivity contribution in [2.45, 2.75) is 13.8 Å². The van der Waals surface area contributed by atoms with Crippen LogP contribution in [0.5, 0.6) is 5.75 Å². The minimum Gasteiger partial charge on any atom is -0.488 e. The van der Waals surface area contributed by atoms with E-state index in [0.717, 1.165) is 6.07 Å². The van der Waals surface area contributed by atoms with Crippen molar-refractivity contribution in [2.24, 2.45) is 5.41 Å². The first kappa shape index (κ1) is 13.9. The largest absolute Gasteiger partial charge is 0.488 e. The first-order valence-corrected chi connectivity index (χ1v) is 5.54. The first-order chi connectivity index (χ1) is 7.74. The average Bonchev–Trinajstić information content (AvgIpc) is 2.15. The molecule has 0 saturated carbocycles. The molecule has 3 nitrogen and oxygen atoms in total. The summed E-state index contributed by atoms with van der Waals surface area (Å²) in [4.78, 5) is 10.8. The maximum absolute atomic E-state index is 13.3. The van der Waals surface area contributed by atoms with Crippen LogP contribution in [-0.2, 0) is 4.79 Å². The highest BCUT2D eigenvalue weighted by Crippen LogP contribution is 2.30. The third-order valence-corrected chi connectivity index (χ3v) is 2.71. The monoisotopic (exact) mass is 308 g/mol. The molecule has 0 aliphatic carbocycles. The second kappa shape index (κ2) is 5.00. The summed E-state index contributed by atoms with van der Waals surface area (Å²) >= 11 is 2.95. The highest BCUT2D eigenvalue weighted by Gasteiger charge is 2.29. The topological polar surface area (TPSA) is 46.5 Å². The number of halogens is 3. The number of rotatable bonds is 4. The van der Waals surface area contributed by atoms with Crippen LogP contribution in [0.3, 0.4) is 0 Å². The van der Waals surface area contributed by atoms with Gasteiger partial charge in [0.15, 0.2) is 11.6 Å². The van der Waals surface area contributed by atoms with E-state index in [1.807, 2.05) is 0 Å². The van der Waals surface area contributed by atoms with Gasteiger partial charge < -0.3 is 9.84 Å². The minimum atomic E-state index is -1.15. The highest BCUT2D eigenvalue weighted by molar-refractivity contribution is 9.10.